The molecule has 0 aliphatic heterocycles. The van der Waals surface area contributed by atoms with Crippen LogP contribution >= 0.6 is 23.2 Å². The molecule has 0 heterocycles. The largest absolute Gasteiger partial charge is 0.450 e. The Bertz CT molecular complexity index is 848. The number of hydrogen-bond acceptors (Lipinski definition) is 4. The fraction of sp³-hybridized carbons (Fsp3) is 0.750. The van der Waals surface area contributed by atoms with Crippen LogP contribution in [0.25, 0.3) is 0 Å². The number of carbonyl (C=O) groups excluding carboxylic acids is 2. The molecule has 6 heteroatoms. The summed E-state index contributed by atoms with van der Waals surface area (Å²) in [6.07, 6.45) is 10.4. The molecule has 0 saturated heterocycles. The molecular weight excluding hydrogens is 423 g/mol. The van der Waals surface area contributed by atoms with Crippen LogP contribution in [0.2, 0.25) is 0 Å². The summed E-state index contributed by atoms with van der Waals surface area (Å²) in [4.78, 5) is 24.2. The fourth-order valence-electron chi connectivity index (χ4n) is 7.49. The quantitative estimate of drug-likeness (QED) is 0.357. The van der Waals surface area contributed by atoms with E-state index in [-0.39, 0.29) is 30.5 Å². The molecule has 0 aromatic rings. The molecule has 4 aliphatic rings. The van der Waals surface area contributed by atoms with Gasteiger partial charge in [-0.05, 0) is 50.9 Å². The Morgan fingerprint density at radius 2 is 1.93 bits per heavy atom. The van der Waals surface area contributed by atoms with Crippen molar-refractivity contribution < 1.29 is 19.4 Å². The molecule has 0 bridgehead atoms. The molecule has 1 N–H and O–H groups in total. The monoisotopic (exact) mass is 454 g/mol. The van der Waals surface area contributed by atoms with Gasteiger partial charge in [-0.2, -0.15) is 0 Å². The summed E-state index contributed by atoms with van der Waals surface area (Å²) in [5, 5.41) is 10.0. The molecule has 3 saturated carbocycles. The molecule has 0 aromatic carbocycles. The van der Waals surface area contributed by atoms with Crippen LogP contribution in [0.5, 0.6) is 0 Å². The summed E-state index contributed by atoms with van der Waals surface area (Å²) in [5.74, 6) is -0.656. The average molecular weight is 455 g/mol. The van der Waals surface area contributed by atoms with Crippen molar-refractivity contribution in [3.63, 3.8) is 0 Å². The van der Waals surface area contributed by atoms with Crippen molar-refractivity contribution in [2.24, 2.45) is 22.7 Å². The number of halogens is 2. The van der Waals surface area contributed by atoms with E-state index >= 15 is 0 Å². The van der Waals surface area contributed by atoms with E-state index in [1.165, 1.54) is 12.5 Å². The number of Topliss-reactive ketones (excluding diaryl/α,β-unsaturated/α-hetero) is 1. The zero-order valence-electron chi connectivity index (χ0n) is 18.3. The van der Waals surface area contributed by atoms with Crippen molar-refractivity contribution in [2.45, 2.75) is 88.2 Å². The average Bonchev–Trinajstić information content (AvgIpc) is 2.94. The van der Waals surface area contributed by atoms with Gasteiger partial charge in [0, 0.05) is 23.7 Å². The minimum absolute atomic E-state index is 0.0243. The maximum absolute atomic E-state index is 13.0. The number of esters is 1. The maximum atomic E-state index is 13.0. The number of rotatable bonds is 3. The van der Waals surface area contributed by atoms with Gasteiger partial charge in [0.05, 0.1) is 0 Å². The van der Waals surface area contributed by atoms with E-state index in [9.17, 15) is 14.7 Å². The third-order valence-electron chi connectivity index (χ3n) is 8.95. The lowest BCUT2D eigenvalue weighted by Crippen LogP contribution is -2.72. The number of aliphatic hydroxyl groups is 1. The van der Waals surface area contributed by atoms with E-state index in [0.717, 1.165) is 25.7 Å². The fourth-order valence-corrected chi connectivity index (χ4v) is 8.61. The molecule has 4 nitrogen and oxygen atoms in total. The van der Waals surface area contributed by atoms with Crippen molar-refractivity contribution in [1.82, 2.24) is 0 Å². The first kappa shape index (κ1) is 22.4. The second-order valence-corrected chi connectivity index (χ2v) is 11.4. The first-order chi connectivity index (χ1) is 13.9. The second-order valence-electron chi connectivity index (χ2n) is 10.1. The van der Waals surface area contributed by atoms with Crippen molar-refractivity contribution in [3.05, 3.63) is 23.8 Å². The Balaban J connectivity index is 1.86. The first-order valence-electron chi connectivity index (χ1n) is 11.1. The van der Waals surface area contributed by atoms with Gasteiger partial charge in [0.2, 0.25) is 0 Å². The Hall–Kier alpha value is -0.840. The van der Waals surface area contributed by atoms with Crippen LogP contribution in [0.1, 0.15) is 72.6 Å². The smallest absolute Gasteiger partial charge is 0.306 e. The lowest BCUT2D eigenvalue weighted by atomic mass is 9.45. The highest BCUT2D eigenvalue weighted by Crippen LogP contribution is 2.74. The van der Waals surface area contributed by atoms with Gasteiger partial charge >= 0.3 is 5.97 Å². The summed E-state index contributed by atoms with van der Waals surface area (Å²) in [6, 6.07) is 0. The van der Waals surface area contributed by atoms with Gasteiger partial charge in [-0.15, -0.1) is 11.6 Å². The molecule has 0 spiro atoms. The molecule has 166 valence electrons. The van der Waals surface area contributed by atoms with Crippen molar-refractivity contribution in [2.75, 3.05) is 0 Å². The van der Waals surface area contributed by atoms with Crippen LogP contribution in [0.15, 0.2) is 23.8 Å². The molecule has 30 heavy (non-hydrogen) atoms. The minimum atomic E-state index is -1.76. The van der Waals surface area contributed by atoms with Gasteiger partial charge in [0.25, 0.3) is 0 Å². The van der Waals surface area contributed by atoms with Crippen LogP contribution in [0.4, 0.5) is 0 Å². The van der Waals surface area contributed by atoms with E-state index in [4.69, 9.17) is 27.9 Å². The van der Waals surface area contributed by atoms with E-state index in [2.05, 4.69) is 25.2 Å². The number of ether oxygens (including phenoxy) is 1. The van der Waals surface area contributed by atoms with Crippen LogP contribution in [-0.2, 0) is 14.3 Å². The number of ketones is 1. The third-order valence-corrected chi connectivity index (χ3v) is 10.5. The van der Waals surface area contributed by atoms with Crippen LogP contribution in [0, 0.1) is 22.7 Å². The molecular formula is C24H32Cl2O4. The number of fused-ring (bicyclic) bond motifs is 5. The van der Waals surface area contributed by atoms with E-state index in [1.807, 2.05) is 6.92 Å². The Kier molecular flexibility index (Phi) is 5.09. The van der Waals surface area contributed by atoms with Crippen molar-refractivity contribution in [3.8, 4) is 0 Å². The predicted octanol–water partition coefficient (Wildman–Crippen LogP) is 5.30. The molecule has 0 radical (unpaired) electrons. The van der Waals surface area contributed by atoms with Gasteiger partial charge in [-0.3, -0.25) is 9.59 Å². The zero-order chi connectivity index (χ0) is 22.2. The van der Waals surface area contributed by atoms with Crippen LogP contribution < -0.4 is 0 Å². The number of carbonyl (C=O) groups is 2. The van der Waals surface area contributed by atoms with Gasteiger partial charge in [0.15, 0.2) is 16.4 Å². The molecule has 7 atom stereocenters. The molecule has 0 aromatic heterocycles. The molecule has 4 rings (SSSR count). The van der Waals surface area contributed by atoms with E-state index in [1.54, 1.807) is 6.92 Å². The van der Waals surface area contributed by atoms with Gasteiger partial charge in [-0.25, -0.2) is 0 Å². The van der Waals surface area contributed by atoms with Crippen LogP contribution in [0.3, 0.4) is 0 Å². The van der Waals surface area contributed by atoms with Gasteiger partial charge < -0.3 is 9.84 Å². The highest BCUT2D eigenvalue weighted by Gasteiger charge is 2.77. The predicted molar refractivity (Wildman–Crippen MR) is 117 cm³/mol. The van der Waals surface area contributed by atoms with Crippen molar-refractivity contribution >= 4 is 35.0 Å². The lowest BCUT2D eigenvalue weighted by molar-refractivity contribution is -0.199. The standard InChI is InChI=1S/C24H32Cl2O4/c1-5-19(28)30-22(15(2)27)13-11-17-18-10-9-16-8-6-7-12-20(16,3)24(18,26)23(25,29)14-21(17,22)4/h7-8,12,17-18,29H,5-6,9-11,13-14H2,1-4H3/t17-,18-,20-,21-,22-,23?,24+/m0/s1. The maximum Gasteiger partial charge on any atom is 0.306 e. The summed E-state index contributed by atoms with van der Waals surface area (Å²) >= 11 is 14.4. The number of allylic oxidation sites excluding steroid dienone is 4. The van der Waals surface area contributed by atoms with E-state index < -0.39 is 32.3 Å². The van der Waals surface area contributed by atoms with Crippen molar-refractivity contribution in [1.29, 1.82) is 0 Å². The van der Waals surface area contributed by atoms with Gasteiger partial charge in [0.1, 0.15) is 4.87 Å². The zero-order valence-corrected chi connectivity index (χ0v) is 19.8. The molecule has 3 fully saturated rings. The second kappa shape index (κ2) is 6.83. The Labute approximate surface area is 189 Å². The molecule has 0 amide bonds. The summed E-state index contributed by atoms with van der Waals surface area (Å²) in [7, 11) is 0. The molecule has 4 aliphatic carbocycles. The minimum Gasteiger partial charge on any atom is -0.450 e. The highest BCUT2D eigenvalue weighted by atomic mass is 35.5. The Morgan fingerprint density at radius 1 is 1.23 bits per heavy atom. The topological polar surface area (TPSA) is 63.6 Å². The van der Waals surface area contributed by atoms with Gasteiger partial charge in [-0.1, -0.05) is 56.2 Å². The first-order valence-corrected chi connectivity index (χ1v) is 11.9. The summed E-state index contributed by atoms with van der Waals surface area (Å²) in [5.41, 5.74) is -1.38. The van der Waals surface area contributed by atoms with Crippen LogP contribution in [-0.4, -0.2) is 32.4 Å². The third kappa shape index (κ3) is 2.50. The van der Waals surface area contributed by atoms with E-state index in [0.29, 0.717) is 6.42 Å². The number of hydrogen-bond donors (Lipinski definition) is 1. The summed E-state index contributed by atoms with van der Waals surface area (Å²) < 4.78 is 5.89. The summed E-state index contributed by atoms with van der Waals surface area (Å²) in [6.45, 7) is 7.25. The highest BCUT2D eigenvalue weighted by molar-refractivity contribution is 6.35. The molecule has 1 unspecified atom stereocenters. The normalized spacial score (nSPS) is 49.5. The Morgan fingerprint density at radius 3 is 2.57 bits per heavy atom. The lowest BCUT2D eigenvalue weighted by Gasteiger charge is -2.66. The SMILES string of the molecule is CCC(=O)O[C@]1(C(C)=O)CC[C@H]2[C@@H]3CCC4=CCC=C[C@]4(C)[C@@]3(Cl)C(O)(Cl)C[C@@]21C. The number of alkyl halides is 2.